The number of carbonyl (C=O) groups excluding carboxylic acids is 2. The first kappa shape index (κ1) is 17.5. The number of amides is 2. The lowest BCUT2D eigenvalue weighted by atomic mass is 10.1. The first-order chi connectivity index (χ1) is 10.8. The van der Waals surface area contributed by atoms with Crippen molar-refractivity contribution in [2.45, 2.75) is 52.2 Å². The maximum Gasteiger partial charge on any atom is 0.422 e. The minimum absolute atomic E-state index is 0.0718. The van der Waals surface area contributed by atoms with Gasteiger partial charge < -0.3 is 9.47 Å². The van der Waals surface area contributed by atoms with Crippen LogP contribution in [0.4, 0.5) is 14.9 Å². The molecule has 5 nitrogen and oxygen atoms in total. The van der Waals surface area contributed by atoms with E-state index in [-0.39, 0.29) is 22.6 Å². The van der Waals surface area contributed by atoms with Gasteiger partial charge >= 0.3 is 6.09 Å². The van der Waals surface area contributed by atoms with Crippen LogP contribution in [0.15, 0.2) is 12.1 Å². The Morgan fingerprint density at radius 2 is 2.09 bits per heavy atom. The standard InChI is InChI=1S/C16H19ClFNO4/c1-4-5-6-13-15(20)19(16(21)23-13)12-8-14(22-9(2)3)10(17)7-11(12)18/h7-9,13H,4-6H2,1-3H3. The molecule has 0 spiro atoms. The normalized spacial score (nSPS) is 17.8. The highest BCUT2D eigenvalue weighted by atomic mass is 35.5. The van der Waals surface area contributed by atoms with Crippen LogP contribution in [0.5, 0.6) is 5.75 Å². The van der Waals surface area contributed by atoms with E-state index in [1.807, 2.05) is 6.92 Å². The predicted molar refractivity (Wildman–Crippen MR) is 84.5 cm³/mol. The van der Waals surface area contributed by atoms with Gasteiger partial charge in [-0.25, -0.2) is 14.1 Å². The molecule has 1 unspecified atom stereocenters. The molecule has 0 aliphatic carbocycles. The molecule has 1 fully saturated rings. The SMILES string of the molecule is CCCCC1OC(=O)N(c2cc(OC(C)C)c(Cl)cc2F)C1=O. The van der Waals surface area contributed by atoms with Crippen molar-refractivity contribution in [3.8, 4) is 5.75 Å². The Labute approximate surface area is 139 Å². The number of ether oxygens (including phenoxy) is 2. The Morgan fingerprint density at radius 1 is 1.39 bits per heavy atom. The maximum atomic E-state index is 14.2. The number of halogens is 2. The van der Waals surface area contributed by atoms with Gasteiger partial charge in [0.15, 0.2) is 6.10 Å². The molecule has 126 valence electrons. The number of unbranched alkanes of at least 4 members (excludes halogenated alkanes) is 1. The molecule has 1 heterocycles. The van der Waals surface area contributed by atoms with E-state index >= 15 is 0 Å². The molecule has 2 amide bonds. The molecular weight excluding hydrogens is 325 g/mol. The number of carbonyl (C=O) groups is 2. The summed E-state index contributed by atoms with van der Waals surface area (Å²) < 4.78 is 24.7. The second-order valence-electron chi connectivity index (χ2n) is 5.59. The van der Waals surface area contributed by atoms with Crippen molar-refractivity contribution in [2.75, 3.05) is 4.90 Å². The van der Waals surface area contributed by atoms with Gasteiger partial charge in [0, 0.05) is 6.07 Å². The monoisotopic (exact) mass is 343 g/mol. The summed E-state index contributed by atoms with van der Waals surface area (Å²) in [7, 11) is 0. The quantitative estimate of drug-likeness (QED) is 0.772. The first-order valence-electron chi connectivity index (χ1n) is 7.55. The molecule has 0 radical (unpaired) electrons. The van der Waals surface area contributed by atoms with E-state index in [1.165, 1.54) is 6.07 Å². The van der Waals surface area contributed by atoms with Crippen molar-refractivity contribution in [3.63, 3.8) is 0 Å². The number of benzene rings is 1. The van der Waals surface area contributed by atoms with E-state index in [9.17, 15) is 14.0 Å². The summed E-state index contributed by atoms with van der Waals surface area (Å²) in [5, 5.41) is 0.0718. The molecule has 0 aromatic heterocycles. The molecule has 2 rings (SSSR count). The number of rotatable bonds is 6. The predicted octanol–water partition coefficient (Wildman–Crippen LogP) is 4.31. The summed E-state index contributed by atoms with van der Waals surface area (Å²) in [6.07, 6.45) is 0.0807. The fourth-order valence-electron chi connectivity index (χ4n) is 2.28. The van der Waals surface area contributed by atoms with E-state index in [1.54, 1.807) is 13.8 Å². The van der Waals surface area contributed by atoms with Crippen LogP contribution >= 0.6 is 11.6 Å². The van der Waals surface area contributed by atoms with Crippen molar-refractivity contribution in [3.05, 3.63) is 23.0 Å². The molecule has 0 bridgehead atoms. The van der Waals surface area contributed by atoms with Gasteiger partial charge in [0.25, 0.3) is 5.91 Å². The Hall–Kier alpha value is -1.82. The smallest absolute Gasteiger partial charge is 0.422 e. The zero-order valence-electron chi connectivity index (χ0n) is 13.3. The highest BCUT2D eigenvalue weighted by Gasteiger charge is 2.42. The van der Waals surface area contributed by atoms with Crippen LogP contribution in [0.25, 0.3) is 0 Å². The summed E-state index contributed by atoms with van der Waals surface area (Å²) in [5.41, 5.74) is -0.209. The molecule has 1 aliphatic heterocycles. The van der Waals surface area contributed by atoms with Gasteiger partial charge in [-0.1, -0.05) is 24.9 Å². The van der Waals surface area contributed by atoms with Gasteiger partial charge in [0.1, 0.15) is 11.6 Å². The summed E-state index contributed by atoms with van der Waals surface area (Å²) in [5.74, 6) is -1.15. The molecular formula is C16H19ClFNO4. The number of cyclic esters (lactones) is 1. The second kappa shape index (κ2) is 7.17. The molecule has 1 aromatic rings. The molecule has 1 atom stereocenters. The van der Waals surface area contributed by atoms with Crippen LogP contribution < -0.4 is 9.64 Å². The molecule has 1 aliphatic rings. The van der Waals surface area contributed by atoms with E-state index in [2.05, 4.69) is 0 Å². The van der Waals surface area contributed by atoms with E-state index in [4.69, 9.17) is 21.1 Å². The number of hydrogen-bond donors (Lipinski definition) is 0. The average molecular weight is 344 g/mol. The van der Waals surface area contributed by atoms with Crippen molar-refractivity contribution in [2.24, 2.45) is 0 Å². The fourth-order valence-corrected chi connectivity index (χ4v) is 2.48. The third kappa shape index (κ3) is 3.75. The lowest BCUT2D eigenvalue weighted by Crippen LogP contribution is -2.32. The molecule has 1 saturated heterocycles. The van der Waals surface area contributed by atoms with E-state index < -0.39 is 23.9 Å². The number of hydrogen-bond acceptors (Lipinski definition) is 4. The molecule has 1 aromatic carbocycles. The lowest BCUT2D eigenvalue weighted by Gasteiger charge is -2.17. The third-order valence-corrected chi connectivity index (χ3v) is 3.64. The summed E-state index contributed by atoms with van der Waals surface area (Å²) >= 11 is 5.94. The van der Waals surface area contributed by atoms with Crippen molar-refractivity contribution in [1.29, 1.82) is 0 Å². The van der Waals surface area contributed by atoms with Crippen LogP contribution in [0.1, 0.15) is 40.0 Å². The van der Waals surface area contributed by atoms with Crippen molar-refractivity contribution >= 4 is 29.3 Å². The van der Waals surface area contributed by atoms with Crippen molar-refractivity contribution < 1.29 is 23.5 Å². The highest BCUT2D eigenvalue weighted by molar-refractivity contribution is 6.32. The molecule has 23 heavy (non-hydrogen) atoms. The second-order valence-corrected chi connectivity index (χ2v) is 6.00. The van der Waals surface area contributed by atoms with Gasteiger partial charge in [-0.3, -0.25) is 4.79 Å². The minimum atomic E-state index is -0.882. The van der Waals surface area contributed by atoms with Crippen LogP contribution in [0, 0.1) is 5.82 Å². The van der Waals surface area contributed by atoms with Crippen molar-refractivity contribution in [1.82, 2.24) is 0 Å². The Balaban J connectivity index is 2.33. The average Bonchev–Trinajstić information content (AvgIpc) is 2.74. The maximum absolute atomic E-state index is 14.2. The highest BCUT2D eigenvalue weighted by Crippen LogP contribution is 2.35. The lowest BCUT2D eigenvalue weighted by molar-refractivity contribution is -0.122. The molecule has 0 saturated carbocycles. The topological polar surface area (TPSA) is 55.8 Å². The third-order valence-electron chi connectivity index (χ3n) is 3.35. The van der Waals surface area contributed by atoms with E-state index in [0.29, 0.717) is 11.3 Å². The van der Waals surface area contributed by atoms with Crippen LogP contribution in [0.3, 0.4) is 0 Å². The zero-order chi connectivity index (χ0) is 17.1. The molecule has 0 N–H and O–H groups in total. The van der Waals surface area contributed by atoms with Crippen LogP contribution in [0.2, 0.25) is 5.02 Å². The Morgan fingerprint density at radius 3 is 2.70 bits per heavy atom. The summed E-state index contributed by atoms with van der Waals surface area (Å²) in [4.78, 5) is 25.0. The number of anilines is 1. The zero-order valence-corrected chi connectivity index (χ0v) is 14.0. The minimum Gasteiger partial charge on any atom is -0.489 e. The fraction of sp³-hybridized carbons (Fsp3) is 0.500. The van der Waals surface area contributed by atoms with Gasteiger partial charge in [-0.15, -0.1) is 0 Å². The Bertz CT molecular complexity index is 620. The molecule has 7 heteroatoms. The number of nitrogens with zero attached hydrogens (tertiary/aromatic N) is 1. The first-order valence-corrected chi connectivity index (χ1v) is 7.93. The Kier molecular flexibility index (Phi) is 5.46. The van der Waals surface area contributed by atoms with Gasteiger partial charge in [-0.2, -0.15) is 0 Å². The van der Waals surface area contributed by atoms with Gasteiger partial charge in [0.2, 0.25) is 0 Å². The largest absolute Gasteiger partial charge is 0.489 e. The van der Waals surface area contributed by atoms with Gasteiger partial charge in [-0.05, 0) is 32.8 Å². The van der Waals surface area contributed by atoms with Crippen LogP contribution in [-0.2, 0) is 9.53 Å². The summed E-state index contributed by atoms with van der Waals surface area (Å²) in [6.45, 7) is 5.54. The summed E-state index contributed by atoms with van der Waals surface area (Å²) in [6, 6.07) is 2.27. The van der Waals surface area contributed by atoms with E-state index in [0.717, 1.165) is 18.9 Å². The number of imide groups is 1. The van der Waals surface area contributed by atoms with Crippen LogP contribution in [-0.4, -0.2) is 24.2 Å². The van der Waals surface area contributed by atoms with Gasteiger partial charge in [0.05, 0.1) is 16.8 Å².